The zero-order valence-corrected chi connectivity index (χ0v) is 18.6. The molecular weight excluding hydrogens is 386 g/mol. The van der Waals surface area contributed by atoms with E-state index in [2.05, 4.69) is 26.7 Å². The van der Waals surface area contributed by atoms with Crippen molar-refractivity contribution < 1.29 is 14.3 Å². The molecule has 0 aromatic heterocycles. The van der Waals surface area contributed by atoms with Gasteiger partial charge in [0, 0.05) is 38.3 Å². The van der Waals surface area contributed by atoms with Crippen molar-refractivity contribution in [1.29, 1.82) is 0 Å². The number of ether oxygens (including phenoxy) is 1. The molecule has 1 saturated carbocycles. The highest BCUT2D eigenvalue weighted by atomic mass is 32.2. The van der Waals surface area contributed by atoms with Crippen LogP contribution in [0.4, 0.5) is 0 Å². The van der Waals surface area contributed by atoms with Crippen molar-refractivity contribution in [2.45, 2.75) is 70.4 Å². The summed E-state index contributed by atoms with van der Waals surface area (Å²) in [6.45, 7) is 6.25. The minimum Gasteiger partial charge on any atom is -0.379 e. The van der Waals surface area contributed by atoms with Crippen LogP contribution in [0.5, 0.6) is 0 Å². The topological polar surface area (TPSA) is 61.9 Å². The highest BCUT2D eigenvalue weighted by Crippen LogP contribution is 2.29. The summed E-state index contributed by atoms with van der Waals surface area (Å²) in [6, 6.07) is 0.575. The Morgan fingerprint density at radius 1 is 1.21 bits per heavy atom. The Balaban J connectivity index is 1.40. The fraction of sp³-hybridized carbons (Fsp3) is 0.818. The molecule has 29 heavy (non-hydrogen) atoms. The molecule has 6 nitrogen and oxygen atoms in total. The van der Waals surface area contributed by atoms with Gasteiger partial charge in [-0.05, 0) is 50.4 Å². The molecule has 2 aliphatic heterocycles. The molecule has 3 aliphatic rings. The first-order chi connectivity index (χ1) is 14.1. The smallest absolute Gasteiger partial charge is 0.242 e. The van der Waals surface area contributed by atoms with E-state index in [0.717, 1.165) is 64.4 Å². The molecule has 3 rings (SSSR count). The van der Waals surface area contributed by atoms with Crippen LogP contribution in [0.2, 0.25) is 0 Å². The second kappa shape index (κ2) is 12.0. The second-order valence-corrected chi connectivity index (χ2v) is 9.50. The number of ketones is 1. The summed E-state index contributed by atoms with van der Waals surface area (Å²) in [6.07, 6.45) is 10.1. The van der Waals surface area contributed by atoms with Crippen LogP contribution in [0.3, 0.4) is 0 Å². The van der Waals surface area contributed by atoms with Gasteiger partial charge < -0.3 is 19.7 Å². The molecule has 7 heteroatoms. The Kier molecular flexibility index (Phi) is 9.34. The van der Waals surface area contributed by atoms with E-state index in [1.54, 1.807) is 18.7 Å². The average molecular weight is 424 g/mol. The van der Waals surface area contributed by atoms with E-state index in [-0.39, 0.29) is 17.7 Å². The van der Waals surface area contributed by atoms with E-state index in [1.807, 2.05) is 0 Å². The zero-order chi connectivity index (χ0) is 20.5. The van der Waals surface area contributed by atoms with Gasteiger partial charge in [-0.1, -0.05) is 12.8 Å². The van der Waals surface area contributed by atoms with Crippen molar-refractivity contribution in [1.82, 2.24) is 15.1 Å². The molecule has 0 bridgehead atoms. The number of nitrogens with one attached hydrogen (secondary N) is 1. The predicted molar refractivity (Wildman–Crippen MR) is 118 cm³/mol. The highest BCUT2D eigenvalue weighted by molar-refractivity contribution is 8.02. The van der Waals surface area contributed by atoms with Crippen molar-refractivity contribution in [2.24, 2.45) is 5.92 Å². The van der Waals surface area contributed by atoms with E-state index < -0.39 is 0 Å². The largest absolute Gasteiger partial charge is 0.379 e. The van der Waals surface area contributed by atoms with Gasteiger partial charge >= 0.3 is 0 Å². The molecule has 1 N–H and O–H groups in total. The van der Waals surface area contributed by atoms with Gasteiger partial charge in [0.25, 0.3) is 0 Å². The molecule has 3 atom stereocenters. The third-order valence-electron chi connectivity index (χ3n) is 6.42. The Hall–Kier alpha value is -1.05. The Morgan fingerprint density at radius 2 is 2.03 bits per heavy atom. The summed E-state index contributed by atoms with van der Waals surface area (Å²) < 4.78 is 5.47. The van der Waals surface area contributed by atoms with Crippen LogP contribution in [0, 0.1) is 5.92 Å². The fourth-order valence-corrected chi connectivity index (χ4v) is 5.46. The predicted octanol–water partition coefficient (Wildman–Crippen LogP) is 2.99. The van der Waals surface area contributed by atoms with Gasteiger partial charge in [0.05, 0.1) is 19.1 Å². The standard InChI is InChI=1S/C22H37N3O3S/c1-18(26)5-3-2-4-6-21(25-11-14-29-17-25)22(27)23-16-19-7-8-20(15-19)24-9-12-28-13-10-24/h11,14,19-21H,2-10,12-13,15-17H2,1H3,(H,23,27)/t19?,20?,21-/m0/s1. The fourth-order valence-electron chi connectivity index (χ4n) is 4.69. The number of nitrogens with zero attached hydrogens (tertiary/aromatic N) is 2. The van der Waals surface area contributed by atoms with Crippen molar-refractivity contribution in [2.75, 3.05) is 38.7 Å². The highest BCUT2D eigenvalue weighted by Gasteiger charge is 2.31. The quantitative estimate of drug-likeness (QED) is 0.516. The molecular formula is C22H37N3O3S. The van der Waals surface area contributed by atoms with E-state index in [4.69, 9.17) is 4.74 Å². The number of amides is 1. The van der Waals surface area contributed by atoms with Gasteiger partial charge in [-0.3, -0.25) is 9.69 Å². The molecule has 1 saturated heterocycles. The van der Waals surface area contributed by atoms with Crippen LogP contribution in [-0.4, -0.2) is 72.3 Å². The van der Waals surface area contributed by atoms with Crippen molar-refractivity contribution in [3.8, 4) is 0 Å². The van der Waals surface area contributed by atoms with Gasteiger partial charge in [-0.2, -0.15) is 0 Å². The summed E-state index contributed by atoms with van der Waals surface area (Å²) in [5, 5.41) is 5.33. The minimum absolute atomic E-state index is 0.0879. The Morgan fingerprint density at radius 3 is 2.76 bits per heavy atom. The summed E-state index contributed by atoms with van der Waals surface area (Å²) in [5.41, 5.74) is 0. The van der Waals surface area contributed by atoms with Crippen LogP contribution in [0.15, 0.2) is 11.6 Å². The molecule has 0 spiro atoms. The van der Waals surface area contributed by atoms with Crippen LogP contribution in [-0.2, 0) is 14.3 Å². The number of rotatable bonds is 11. The van der Waals surface area contributed by atoms with Crippen LogP contribution >= 0.6 is 11.8 Å². The molecule has 1 amide bonds. The van der Waals surface area contributed by atoms with Crippen molar-refractivity contribution in [3.63, 3.8) is 0 Å². The van der Waals surface area contributed by atoms with Gasteiger partial charge in [-0.15, -0.1) is 11.8 Å². The number of hydrogen-bond acceptors (Lipinski definition) is 6. The van der Waals surface area contributed by atoms with Gasteiger partial charge in [0.2, 0.25) is 5.91 Å². The van der Waals surface area contributed by atoms with E-state index in [0.29, 0.717) is 18.4 Å². The number of hydrogen-bond donors (Lipinski definition) is 1. The number of carbonyl (C=O) groups excluding carboxylic acids is 2. The summed E-state index contributed by atoms with van der Waals surface area (Å²) in [7, 11) is 0. The number of morpholine rings is 1. The van der Waals surface area contributed by atoms with Crippen LogP contribution in [0.1, 0.15) is 58.3 Å². The maximum absolute atomic E-state index is 13.0. The number of carbonyl (C=O) groups is 2. The minimum atomic E-state index is -0.0879. The molecule has 2 unspecified atom stereocenters. The Labute approximate surface area is 179 Å². The lowest BCUT2D eigenvalue weighted by Gasteiger charge is -2.32. The SMILES string of the molecule is CC(=O)CCCCC[C@@H](C(=O)NCC1CCC(N2CCOCC2)C1)N1C=CSC1. The average Bonchev–Trinajstić information content (AvgIpc) is 3.41. The summed E-state index contributed by atoms with van der Waals surface area (Å²) in [5.74, 6) is 1.86. The van der Waals surface area contributed by atoms with E-state index in [1.165, 1.54) is 19.3 Å². The lowest BCUT2D eigenvalue weighted by Crippen LogP contribution is -2.45. The van der Waals surface area contributed by atoms with Gasteiger partial charge in [-0.25, -0.2) is 0 Å². The summed E-state index contributed by atoms with van der Waals surface area (Å²) >= 11 is 1.74. The lowest BCUT2D eigenvalue weighted by molar-refractivity contribution is -0.125. The lowest BCUT2D eigenvalue weighted by atomic mass is 10.0. The number of Topliss-reactive ketones (excluding diaryl/α,β-unsaturated/α-hetero) is 1. The third kappa shape index (κ3) is 7.30. The van der Waals surface area contributed by atoms with Crippen molar-refractivity contribution in [3.05, 3.63) is 11.6 Å². The maximum atomic E-state index is 13.0. The van der Waals surface area contributed by atoms with E-state index in [9.17, 15) is 9.59 Å². The number of thioether (sulfide) groups is 1. The Bertz CT molecular complexity index is 566. The molecule has 0 aromatic rings. The zero-order valence-electron chi connectivity index (χ0n) is 17.8. The maximum Gasteiger partial charge on any atom is 0.242 e. The van der Waals surface area contributed by atoms with E-state index >= 15 is 0 Å². The van der Waals surface area contributed by atoms with Gasteiger partial charge in [0.1, 0.15) is 11.8 Å². The molecule has 1 aliphatic carbocycles. The molecule has 164 valence electrons. The van der Waals surface area contributed by atoms with Crippen LogP contribution in [0.25, 0.3) is 0 Å². The normalized spacial score (nSPS) is 26.0. The molecule has 0 radical (unpaired) electrons. The first-order valence-electron chi connectivity index (χ1n) is 11.3. The monoisotopic (exact) mass is 423 g/mol. The first-order valence-corrected chi connectivity index (χ1v) is 12.3. The first kappa shape index (κ1) is 22.6. The number of unbranched alkanes of at least 4 members (excludes halogenated alkanes) is 2. The van der Waals surface area contributed by atoms with Crippen LogP contribution < -0.4 is 5.32 Å². The third-order valence-corrected chi connectivity index (χ3v) is 7.18. The second-order valence-electron chi connectivity index (χ2n) is 8.64. The molecule has 0 aromatic carbocycles. The summed E-state index contributed by atoms with van der Waals surface area (Å²) in [4.78, 5) is 28.8. The molecule has 2 fully saturated rings. The molecule has 2 heterocycles. The van der Waals surface area contributed by atoms with Crippen molar-refractivity contribution >= 4 is 23.5 Å². The van der Waals surface area contributed by atoms with Gasteiger partial charge in [0.15, 0.2) is 0 Å².